The number of hydrogen-bond acceptors (Lipinski definition) is 4. The third-order valence-corrected chi connectivity index (χ3v) is 5.70. The molecule has 1 aliphatic rings. The van der Waals surface area contributed by atoms with E-state index in [0.29, 0.717) is 9.90 Å². The highest BCUT2D eigenvalue weighted by molar-refractivity contribution is 7.21. The van der Waals surface area contributed by atoms with Gasteiger partial charge in [-0.05, 0) is 18.2 Å². The van der Waals surface area contributed by atoms with Crippen LogP contribution in [0.15, 0.2) is 23.3 Å². The molecule has 0 saturated carbocycles. The predicted octanol–water partition coefficient (Wildman–Crippen LogP) is 1.96. The molecule has 23 heavy (non-hydrogen) atoms. The summed E-state index contributed by atoms with van der Waals surface area (Å²) >= 11 is 7.70. The first-order chi connectivity index (χ1) is 11.1. The molecule has 0 bridgehead atoms. The number of rotatable bonds is 3. The summed E-state index contributed by atoms with van der Waals surface area (Å²) in [6.45, 7) is 2.11. The van der Waals surface area contributed by atoms with Crippen molar-refractivity contribution in [1.29, 1.82) is 0 Å². The maximum atomic E-state index is 12.4. The van der Waals surface area contributed by atoms with E-state index in [1.807, 2.05) is 18.2 Å². The summed E-state index contributed by atoms with van der Waals surface area (Å²) in [6.07, 6.45) is 1.84. The fraction of sp³-hybridized carbons (Fsp3) is 0.375. The smallest absolute Gasteiger partial charge is 0.283 e. The Bertz CT molecular complexity index is 762. The van der Waals surface area contributed by atoms with Crippen LogP contribution in [0.1, 0.15) is 22.5 Å². The normalized spacial score (nSPS) is 18.0. The van der Waals surface area contributed by atoms with Gasteiger partial charge in [0.15, 0.2) is 0 Å². The number of amides is 1. The molecule has 2 heterocycles. The molecule has 7 heteroatoms. The number of likely N-dealkylation sites (tertiary alicyclic amines) is 1. The number of benzene rings is 1. The van der Waals surface area contributed by atoms with Crippen molar-refractivity contribution < 1.29 is 14.4 Å². The Labute approximate surface area is 143 Å². The zero-order valence-electron chi connectivity index (χ0n) is 13.1. The number of carbonyl (C=O) groups excluding carboxylic acids is 1. The second kappa shape index (κ2) is 6.86. The average Bonchev–Trinajstić information content (AvgIpc) is 2.90. The van der Waals surface area contributed by atoms with Gasteiger partial charge in [0.25, 0.3) is 5.91 Å². The SMILES string of the molecule is COc1ccc2c(Cl)c(C(=O)NN=C3CC[NH+](C)CC3)sc2c1. The van der Waals surface area contributed by atoms with Gasteiger partial charge in [-0.25, -0.2) is 5.43 Å². The Balaban J connectivity index is 1.78. The fourth-order valence-electron chi connectivity index (χ4n) is 2.58. The molecule has 0 radical (unpaired) electrons. The van der Waals surface area contributed by atoms with Crippen LogP contribution in [0.5, 0.6) is 5.75 Å². The number of carbonyl (C=O) groups is 1. The van der Waals surface area contributed by atoms with Crippen molar-refractivity contribution >= 4 is 44.6 Å². The Morgan fingerprint density at radius 1 is 1.39 bits per heavy atom. The van der Waals surface area contributed by atoms with E-state index in [-0.39, 0.29) is 5.91 Å². The van der Waals surface area contributed by atoms with Crippen molar-refractivity contribution in [2.24, 2.45) is 5.10 Å². The van der Waals surface area contributed by atoms with Crippen LogP contribution in [0.4, 0.5) is 0 Å². The number of methoxy groups -OCH3 is 1. The topological polar surface area (TPSA) is 55.1 Å². The molecule has 122 valence electrons. The minimum atomic E-state index is -0.256. The Morgan fingerprint density at radius 2 is 2.13 bits per heavy atom. The van der Waals surface area contributed by atoms with Crippen LogP contribution in [-0.4, -0.2) is 38.9 Å². The lowest BCUT2D eigenvalue weighted by molar-refractivity contribution is -0.880. The molecule has 0 unspecified atom stereocenters. The number of hydrogen-bond donors (Lipinski definition) is 2. The molecule has 1 aliphatic heterocycles. The monoisotopic (exact) mass is 352 g/mol. The number of ether oxygens (including phenoxy) is 1. The van der Waals surface area contributed by atoms with Crippen molar-refractivity contribution in [3.63, 3.8) is 0 Å². The highest BCUT2D eigenvalue weighted by Crippen LogP contribution is 2.37. The Kier molecular flexibility index (Phi) is 4.84. The molecule has 5 nitrogen and oxygen atoms in total. The lowest BCUT2D eigenvalue weighted by Gasteiger charge is -2.20. The van der Waals surface area contributed by atoms with Gasteiger partial charge in [0.1, 0.15) is 10.6 Å². The fourth-order valence-corrected chi connectivity index (χ4v) is 4.01. The molecule has 1 aromatic heterocycles. The number of thiophene rings is 1. The van der Waals surface area contributed by atoms with Gasteiger partial charge >= 0.3 is 0 Å². The van der Waals surface area contributed by atoms with Gasteiger partial charge in [-0.15, -0.1) is 11.3 Å². The minimum Gasteiger partial charge on any atom is -0.497 e. The van der Waals surface area contributed by atoms with Crippen molar-refractivity contribution in [2.45, 2.75) is 12.8 Å². The maximum Gasteiger partial charge on any atom is 0.283 e. The molecular formula is C16H19ClN3O2S+. The van der Waals surface area contributed by atoms with Crippen molar-refractivity contribution in [2.75, 3.05) is 27.2 Å². The number of halogens is 1. The van der Waals surface area contributed by atoms with Gasteiger partial charge in [0.05, 0.1) is 32.3 Å². The van der Waals surface area contributed by atoms with E-state index in [9.17, 15) is 4.79 Å². The number of quaternary nitrogens is 1. The Morgan fingerprint density at radius 3 is 2.83 bits per heavy atom. The molecular weight excluding hydrogens is 334 g/mol. The van der Waals surface area contributed by atoms with E-state index in [1.54, 1.807) is 7.11 Å². The predicted molar refractivity (Wildman–Crippen MR) is 94.1 cm³/mol. The maximum absolute atomic E-state index is 12.4. The van der Waals surface area contributed by atoms with Crippen LogP contribution in [0, 0.1) is 0 Å². The second-order valence-corrected chi connectivity index (χ2v) is 7.11. The van der Waals surface area contributed by atoms with E-state index in [4.69, 9.17) is 16.3 Å². The first-order valence-electron chi connectivity index (χ1n) is 7.51. The van der Waals surface area contributed by atoms with Crippen LogP contribution in [0.3, 0.4) is 0 Å². The summed E-state index contributed by atoms with van der Waals surface area (Å²) in [6, 6.07) is 5.59. The third kappa shape index (κ3) is 3.49. The third-order valence-electron chi connectivity index (χ3n) is 4.04. The molecule has 1 amide bonds. The lowest BCUT2D eigenvalue weighted by Crippen LogP contribution is -3.10. The zero-order chi connectivity index (χ0) is 16.4. The summed E-state index contributed by atoms with van der Waals surface area (Å²) in [4.78, 5) is 14.3. The van der Waals surface area contributed by atoms with Crippen LogP contribution in [0.25, 0.3) is 10.1 Å². The largest absolute Gasteiger partial charge is 0.497 e. The number of piperidine rings is 1. The summed E-state index contributed by atoms with van der Waals surface area (Å²) in [5.41, 5.74) is 3.69. The first-order valence-corrected chi connectivity index (χ1v) is 8.71. The van der Waals surface area contributed by atoms with Crippen molar-refractivity contribution in [1.82, 2.24) is 5.43 Å². The highest BCUT2D eigenvalue weighted by Gasteiger charge is 2.19. The molecule has 1 fully saturated rings. The van der Waals surface area contributed by atoms with Gasteiger partial charge in [0.2, 0.25) is 0 Å². The van der Waals surface area contributed by atoms with Gasteiger partial charge in [-0.2, -0.15) is 5.10 Å². The highest BCUT2D eigenvalue weighted by atomic mass is 35.5. The number of hydrazone groups is 1. The number of fused-ring (bicyclic) bond motifs is 1. The standard InChI is InChI=1S/C16H18ClN3O2S/c1-20-7-5-10(6-8-20)18-19-16(21)15-14(17)12-4-3-11(22-2)9-13(12)23-15/h3-4,9H,5-8H2,1-2H3,(H,19,21)/p+1. The second-order valence-electron chi connectivity index (χ2n) is 5.68. The summed E-state index contributed by atoms with van der Waals surface area (Å²) in [5, 5.41) is 5.60. The van der Waals surface area contributed by atoms with Gasteiger partial charge in [0, 0.05) is 28.6 Å². The van der Waals surface area contributed by atoms with Crippen LogP contribution in [-0.2, 0) is 0 Å². The van der Waals surface area contributed by atoms with Crippen molar-refractivity contribution in [3.05, 3.63) is 28.1 Å². The van der Waals surface area contributed by atoms with E-state index < -0.39 is 0 Å². The van der Waals surface area contributed by atoms with Gasteiger partial charge < -0.3 is 9.64 Å². The van der Waals surface area contributed by atoms with Crippen LogP contribution < -0.4 is 15.1 Å². The van der Waals surface area contributed by atoms with Gasteiger partial charge in [-0.1, -0.05) is 11.6 Å². The quantitative estimate of drug-likeness (QED) is 0.830. The molecule has 0 aliphatic carbocycles. The molecule has 3 rings (SSSR count). The first kappa shape index (κ1) is 16.2. The van der Waals surface area contributed by atoms with E-state index in [1.165, 1.54) is 16.2 Å². The van der Waals surface area contributed by atoms with E-state index in [0.717, 1.165) is 47.5 Å². The summed E-state index contributed by atoms with van der Waals surface area (Å²) < 4.78 is 6.13. The average molecular weight is 353 g/mol. The van der Waals surface area contributed by atoms with E-state index in [2.05, 4.69) is 17.6 Å². The molecule has 1 aromatic carbocycles. The molecule has 2 aromatic rings. The number of nitrogens with one attached hydrogen (secondary N) is 2. The molecule has 2 N–H and O–H groups in total. The number of nitrogens with zero attached hydrogens (tertiary/aromatic N) is 1. The van der Waals surface area contributed by atoms with Crippen LogP contribution >= 0.6 is 22.9 Å². The lowest BCUT2D eigenvalue weighted by atomic mass is 10.1. The van der Waals surface area contributed by atoms with E-state index >= 15 is 0 Å². The minimum absolute atomic E-state index is 0.256. The van der Waals surface area contributed by atoms with Crippen LogP contribution in [0.2, 0.25) is 5.02 Å². The zero-order valence-corrected chi connectivity index (χ0v) is 14.7. The Hall–Kier alpha value is -1.63. The molecule has 1 saturated heterocycles. The molecule has 0 atom stereocenters. The summed E-state index contributed by atoms with van der Waals surface area (Å²) in [7, 11) is 3.78. The molecule has 0 spiro atoms. The van der Waals surface area contributed by atoms with Gasteiger partial charge in [-0.3, -0.25) is 4.79 Å². The van der Waals surface area contributed by atoms with Crippen molar-refractivity contribution in [3.8, 4) is 5.75 Å². The summed E-state index contributed by atoms with van der Waals surface area (Å²) in [5.74, 6) is 0.491.